The predicted molar refractivity (Wildman–Crippen MR) is 54.8 cm³/mol. The van der Waals surface area contributed by atoms with Gasteiger partial charge < -0.3 is 15.5 Å². The number of carbonyl (C=O) groups excluding carboxylic acids is 1. The molecule has 4 heteroatoms. The van der Waals surface area contributed by atoms with Crippen LogP contribution in [-0.4, -0.2) is 35.4 Å². The lowest BCUT2D eigenvalue weighted by Crippen LogP contribution is -2.43. The highest BCUT2D eigenvalue weighted by atomic mass is 16.3. The van der Waals surface area contributed by atoms with Gasteiger partial charge in [-0.2, -0.15) is 0 Å². The summed E-state index contributed by atoms with van der Waals surface area (Å²) >= 11 is 0. The molecule has 0 rings (SSSR count). The Morgan fingerprint density at radius 2 is 2.07 bits per heavy atom. The summed E-state index contributed by atoms with van der Waals surface area (Å²) in [6.45, 7) is 6.09. The molecule has 84 valence electrons. The molecule has 0 bridgehead atoms. The molecule has 1 atom stereocenters. The number of carbonyl (C=O) groups is 1. The standard InChI is InChI=1S/C10H21NO3/c1-4-10(2,3)8(13)9(14)11-6-5-7-12/h8,12-13H,4-7H2,1-3H3,(H,11,14)/t8-/m0/s1. The zero-order chi connectivity index (χ0) is 11.2. The minimum absolute atomic E-state index is 0.0492. The van der Waals surface area contributed by atoms with Crippen molar-refractivity contribution in [3.63, 3.8) is 0 Å². The van der Waals surface area contributed by atoms with E-state index in [0.717, 1.165) is 6.42 Å². The Bertz CT molecular complexity index is 180. The van der Waals surface area contributed by atoms with E-state index in [1.54, 1.807) is 0 Å². The van der Waals surface area contributed by atoms with Crippen molar-refractivity contribution in [2.24, 2.45) is 5.41 Å². The zero-order valence-electron chi connectivity index (χ0n) is 9.21. The van der Waals surface area contributed by atoms with E-state index in [4.69, 9.17) is 5.11 Å². The summed E-state index contributed by atoms with van der Waals surface area (Å²) in [5.41, 5.74) is -0.400. The first-order valence-electron chi connectivity index (χ1n) is 5.02. The number of aliphatic hydroxyl groups excluding tert-OH is 2. The molecule has 0 spiro atoms. The molecule has 0 saturated heterocycles. The third-order valence-corrected chi connectivity index (χ3v) is 2.53. The molecule has 0 heterocycles. The Balaban J connectivity index is 3.99. The average Bonchev–Trinajstić information content (AvgIpc) is 2.17. The first-order valence-corrected chi connectivity index (χ1v) is 5.02. The van der Waals surface area contributed by atoms with Crippen molar-refractivity contribution in [2.75, 3.05) is 13.2 Å². The summed E-state index contributed by atoms with van der Waals surface area (Å²) in [5, 5.41) is 20.8. The van der Waals surface area contributed by atoms with E-state index in [1.807, 2.05) is 20.8 Å². The van der Waals surface area contributed by atoms with Crippen LogP contribution in [0, 0.1) is 5.41 Å². The van der Waals surface area contributed by atoms with Crippen molar-refractivity contribution in [2.45, 2.75) is 39.7 Å². The van der Waals surface area contributed by atoms with Crippen molar-refractivity contribution < 1.29 is 15.0 Å². The fourth-order valence-electron chi connectivity index (χ4n) is 0.936. The smallest absolute Gasteiger partial charge is 0.249 e. The lowest BCUT2D eigenvalue weighted by atomic mass is 9.83. The Kier molecular flexibility index (Phi) is 5.72. The van der Waals surface area contributed by atoms with Crippen LogP contribution >= 0.6 is 0 Å². The molecule has 0 radical (unpaired) electrons. The molecular weight excluding hydrogens is 182 g/mol. The quantitative estimate of drug-likeness (QED) is 0.543. The van der Waals surface area contributed by atoms with Crippen LogP contribution in [0.4, 0.5) is 0 Å². The van der Waals surface area contributed by atoms with Gasteiger partial charge in [0.05, 0.1) is 0 Å². The molecule has 0 unspecified atom stereocenters. The largest absolute Gasteiger partial charge is 0.396 e. The molecule has 0 aliphatic carbocycles. The van der Waals surface area contributed by atoms with Crippen molar-refractivity contribution in [3.05, 3.63) is 0 Å². The van der Waals surface area contributed by atoms with Crippen molar-refractivity contribution in [3.8, 4) is 0 Å². The second kappa shape index (κ2) is 5.98. The third-order valence-electron chi connectivity index (χ3n) is 2.53. The van der Waals surface area contributed by atoms with Crippen LogP contribution in [0.15, 0.2) is 0 Å². The Morgan fingerprint density at radius 3 is 2.50 bits per heavy atom. The van der Waals surface area contributed by atoms with Gasteiger partial charge in [0, 0.05) is 13.2 Å². The summed E-state index contributed by atoms with van der Waals surface area (Å²) in [5.74, 6) is -0.356. The highest BCUT2D eigenvalue weighted by Gasteiger charge is 2.31. The molecule has 0 aromatic rings. The van der Waals surface area contributed by atoms with E-state index in [2.05, 4.69) is 5.32 Å². The molecule has 0 aliphatic rings. The van der Waals surface area contributed by atoms with Crippen LogP contribution in [0.2, 0.25) is 0 Å². The molecule has 0 aliphatic heterocycles. The van der Waals surface area contributed by atoms with Crippen LogP contribution in [0.3, 0.4) is 0 Å². The highest BCUT2D eigenvalue weighted by Crippen LogP contribution is 2.24. The Labute approximate surface area is 85.3 Å². The molecule has 14 heavy (non-hydrogen) atoms. The van der Waals surface area contributed by atoms with Crippen molar-refractivity contribution in [1.29, 1.82) is 0 Å². The summed E-state index contributed by atoms with van der Waals surface area (Å²) in [6, 6.07) is 0. The molecule has 0 saturated carbocycles. The maximum atomic E-state index is 11.4. The van der Waals surface area contributed by atoms with E-state index in [1.165, 1.54) is 0 Å². The highest BCUT2D eigenvalue weighted by molar-refractivity contribution is 5.81. The number of hydrogen-bond acceptors (Lipinski definition) is 3. The monoisotopic (exact) mass is 203 g/mol. The maximum Gasteiger partial charge on any atom is 0.249 e. The van der Waals surface area contributed by atoms with Gasteiger partial charge >= 0.3 is 0 Å². The zero-order valence-corrected chi connectivity index (χ0v) is 9.21. The molecular formula is C10H21NO3. The van der Waals surface area contributed by atoms with Gasteiger partial charge in [-0.1, -0.05) is 20.8 Å². The van der Waals surface area contributed by atoms with Crippen molar-refractivity contribution >= 4 is 5.91 Å². The number of hydrogen-bond donors (Lipinski definition) is 3. The first-order chi connectivity index (χ1) is 6.45. The Morgan fingerprint density at radius 1 is 1.50 bits per heavy atom. The number of rotatable bonds is 6. The lowest BCUT2D eigenvalue weighted by molar-refractivity contribution is -0.135. The van der Waals surface area contributed by atoms with E-state index in [9.17, 15) is 9.90 Å². The number of amides is 1. The lowest BCUT2D eigenvalue weighted by Gasteiger charge is -2.28. The van der Waals surface area contributed by atoms with Gasteiger partial charge in [0.25, 0.3) is 0 Å². The van der Waals surface area contributed by atoms with Crippen LogP contribution in [0.25, 0.3) is 0 Å². The average molecular weight is 203 g/mol. The van der Waals surface area contributed by atoms with Gasteiger partial charge in [-0.3, -0.25) is 4.79 Å². The van der Waals surface area contributed by atoms with Crippen LogP contribution in [0.5, 0.6) is 0 Å². The van der Waals surface area contributed by atoms with Gasteiger partial charge in [0.2, 0.25) is 5.91 Å². The number of nitrogens with one attached hydrogen (secondary N) is 1. The molecule has 0 aromatic heterocycles. The van der Waals surface area contributed by atoms with E-state index < -0.39 is 11.5 Å². The van der Waals surface area contributed by atoms with Gasteiger partial charge in [-0.25, -0.2) is 0 Å². The van der Waals surface area contributed by atoms with Gasteiger partial charge in [0.1, 0.15) is 6.10 Å². The fraction of sp³-hybridized carbons (Fsp3) is 0.900. The van der Waals surface area contributed by atoms with Crippen LogP contribution < -0.4 is 5.32 Å². The van der Waals surface area contributed by atoms with Crippen molar-refractivity contribution in [1.82, 2.24) is 5.32 Å². The number of aliphatic hydroxyl groups is 2. The molecule has 3 N–H and O–H groups in total. The predicted octanol–water partition coefficient (Wildman–Crippen LogP) is 0.282. The first kappa shape index (κ1) is 13.4. The fourth-order valence-corrected chi connectivity index (χ4v) is 0.936. The minimum Gasteiger partial charge on any atom is -0.396 e. The SMILES string of the molecule is CCC(C)(C)[C@@H](O)C(=O)NCCCO. The normalized spacial score (nSPS) is 13.8. The molecule has 0 fully saturated rings. The van der Waals surface area contributed by atoms with Gasteiger partial charge in [0.15, 0.2) is 0 Å². The van der Waals surface area contributed by atoms with Crippen LogP contribution in [0.1, 0.15) is 33.6 Å². The van der Waals surface area contributed by atoms with Crippen LogP contribution in [-0.2, 0) is 4.79 Å². The molecule has 0 aromatic carbocycles. The second-order valence-corrected chi connectivity index (χ2v) is 4.11. The molecule has 4 nitrogen and oxygen atoms in total. The summed E-state index contributed by atoms with van der Waals surface area (Å²) in [4.78, 5) is 11.4. The summed E-state index contributed by atoms with van der Waals surface area (Å²) < 4.78 is 0. The van der Waals surface area contributed by atoms with E-state index >= 15 is 0 Å². The maximum absolute atomic E-state index is 11.4. The van der Waals surface area contributed by atoms with Gasteiger partial charge in [-0.15, -0.1) is 0 Å². The topological polar surface area (TPSA) is 69.6 Å². The van der Waals surface area contributed by atoms with E-state index in [0.29, 0.717) is 13.0 Å². The summed E-state index contributed by atoms with van der Waals surface area (Å²) in [6.07, 6.45) is 0.276. The molecule has 1 amide bonds. The third kappa shape index (κ3) is 4.07. The summed E-state index contributed by atoms with van der Waals surface area (Å²) in [7, 11) is 0. The van der Waals surface area contributed by atoms with E-state index in [-0.39, 0.29) is 12.5 Å². The minimum atomic E-state index is -0.980. The Hall–Kier alpha value is -0.610. The second-order valence-electron chi connectivity index (χ2n) is 4.11. The van der Waals surface area contributed by atoms with Gasteiger partial charge in [-0.05, 0) is 18.3 Å².